The molecule has 2 amide bonds. The number of benzene rings is 2. The molecule has 0 unspecified atom stereocenters. The highest BCUT2D eigenvalue weighted by molar-refractivity contribution is 6.53. The van der Waals surface area contributed by atoms with Crippen LogP contribution >= 0.6 is 23.2 Å². The molecule has 0 spiro atoms. The summed E-state index contributed by atoms with van der Waals surface area (Å²) in [4.78, 5) is 38.5. The molecule has 3 rings (SSSR count). The predicted octanol–water partition coefficient (Wildman–Crippen LogP) is 4.65. The molecule has 2 aromatic carbocycles. The second-order valence-corrected chi connectivity index (χ2v) is 7.51. The van der Waals surface area contributed by atoms with E-state index in [9.17, 15) is 14.4 Å². The third-order valence-electron chi connectivity index (χ3n) is 4.15. The first-order valence-electron chi connectivity index (χ1n) is 8.82. The summed E-state index contributed by atoms with van der Waals surface area (Å²) in [5.74, 6) is -1.77. The maximum atomic E-state index is 12.9. The first kappa shape index (κ1) is 20.9. The van der Waals surface area contributed by atoms with E-state index < -0.39 is 17.8 Å². The molecule has 0 aliphatic carbocycles. The highest BCUT2D eigenvalue weighted by Gasteiger charge is 2.39. The fraction of sp³-hybridized carbons (Fsp3) is 0.190. The number of imide groups is 1. The molecule has 0 fully saturated rings. The van der Waals surface area contributed by atoms with Crippen LogP contribution in [0.3, 0.4) is 0 Å². The summed E-state index contributed by atoms with van der Waals surface area (Å²) in [6.07, 6.45) is -0.264. The van der Waals surface area contributed by atoms with Gasteiger partial charge in [0.05, 0.1) is 17.4 Å². The minimum absolute atomic E-state index is 0.0808. The van der Waals surface area contributed by atoms with Crippen LogP contribution in [0.2, 0.25) is 5.02 Å². The summed E-state index contributed by atoms with van der Waals surface area (Å²) < 4.78 is 5.17. The van der Waals surface area contributed by atoms with Crippen LogP contribution in [0.4, 0.5) is 11.4 Å². The molecule has 0 saturated heterocycles. The minimum Gasteiger partial charge on any atom is -0.459 e. The van der Waals surface area contributed by atoms with Crippen LogP contribution in [-0.4, -0.2) is 23.9 Å². The Balaban J connectivity index is 1.86. The number of carbonyl (C=O) groups excluding carboxylic acids is 3. The van der Waals surface area contributed by atoms with Crippen LogP contribution in [-0.2, 0) is 14.3 Å². The molecule has 1 heterocycles. The molecule has 1 N–H and O–H groups in total. The number of nitrogens with zero attached hydrogens (tertiary/aromatic N) is 1. The van der Waals surface area contributed by atoms with Crippen molar-refractivity contribution < 1.29 is 19.1 Å². The van der Waals surface area contributed by atoms with E-state index in [1.165, 1.54) is 12.1 Å². The molecule has 150 valence electrons. The summed E-state index contributed by atoms with van der Waals surface area (Å²) in [6, 6.07) is 11.2. The van der Waals surface area contributed by atoms with Crippen LogP contribution < -0.4 is 10.2 Å². The average molecular weight is 433 g/mol. The highest BCUT2D eigenvalue weighted by Crippen LogP contribution is 2.32. The van der Waals surface area contributed by atoms with Gasteiger partial charge in [-0.2, -0.15) is 0 Å². The van der Waals surface area contributed by atoms with Crippen LogP contribution in [0.5, 0.6) is 0 Å². The molecule has 1 aliphatic rings. The first-order chi connectivity index (χ1) is 13.7. The summed E-state index contributed by atoms with van der Waals surface area (Å²) in [7, 11) is 0. The molecule has 29 heavy (non-hydrogen) atoms. The lowest BCUT2D eigenvalue weighted by Gasteiger charge is -2.16. The number of amides is 2. The number of halogens is 2. The van der Waals surface area contributed by atoms with E-state index >= 15 is 0 Å². The number of aryl methyl sites for hydroxylation is 1. The lowest BCUT2D eigenvalue weighted by molar-refractivity contribution is -0.120. The standard InChI is InChI=1S/C21H18Cl2N2O4/c1-11(2)29-21(28)13-5-4-6-14(9-13)24-18-17(23)19(26)25(20(18)27)15-8-7-12(3)16(22)10-15/h4-11,24H,1-3H3. The van der Waals surface area contributed by atoms with E-state index in [1.807, 2.05) is 6.92 Å². The van der Waals surface area contributed by atoms with Crippen LogP contribution in [0, 0.1) is 6.92 Å². The SMILES string of the molecule is Cc1ccc(N2C(=O)C(Cl)=C(Nc3cccc(C(=O)OC(C)C)c3)C2=O)cc1Cl. The number of rotatable bonds is 5. The fourth-order valence-electron chi connectivity index (χ4n) is 2.72. The normalized spacial score (nSPS) is 14.1. The molecular formula is C21H18Cl2N2O4. The van der Waals surface area contributed by atoms with Crippen LogP contribution in [0.25, 0.3) is 0 Å². The smallest absolute Gasteiger partial charge is 0.338 e. The predicted molar refractivity (Wildman–Crippen MR) is 112 cm³/mol. The molecule has 0 saturated carbocycles. The molecule has 1 aliphatic heterocycles. The van der Waals surface area contributed by atoms with E-state index in [2.05, 4.69) is 5.32 Å². The zero-order valence-electron chi connectivity index (χ0n) is 16.0. The Bertz CT molecular complexity index is 1050. The van der Waals surface area contributed by atoms with Gasteiger partial charge in [0.2, 0.25) is 0 Å². The topological polar surface area (TPSA) is 75.7 Å². The number of hydrogen-bond donors (Lipinski definition) is 1. The summed E-state index contributed by atoms with van der Waals surface area (Å²) in [6.45, 7) is 5.31. The monoisotopic (exact) mass is 432 g/mol. The number of anilines is 2. The Hall–Kier alpha value is -2.83. The average Bonchev–Trinajstić information content (AvgIpc) is 2.87. The van der Waals surface area contributed by atoms with Gasteiger partial charge >= 0.3 is 5.97 Å². The Morgan fingerprint density at radius 2 is 1.79 bits per heavy atom. The number of ether oxygens (including phenoxy) is 1. The van der Waals surface area contributed by atoms with Crippen molar-refractivity contribution in [1.82, 2.24) is 0 Å². The second kappa shape index (κ2) is 8.27. The lowest BCUT2D eigenvalue weighted by Crippen LogP contribution is -2.32. The first-order valence-corrected chi connectivity index (χ1v) is 9.57. The van der Waals surface area contributed by atoms with Crippen molar-refractivity contribution in [2.24, 2.45) is 0 Å². The van der Waals surface area contributed by atoms with Crippen LogP contribution in [0.1, 0.15) is 29.8 Å². The van der Waals surface area contributed by atoms with Crippen molar-refractivity contribution in [2.75, 3.05) is 10.2 Å². The van der Waals surface area contributed by atoms with Gasteiger partial charge in [-0.1, -0.05) is 35.3 Å². The fourth-order valence-corrected chi connectivity index (χ4v) is 3.10. The zero-order chi connectivity index (χ0) is 21.3. The Kier molecular flexibility index (Phi) is 5.96. The van der Waals surface area contributed by atoms with Gasteiger partial charge < -0.3 is 10.1 Å². The van der Waals surface area contributed by atoms with E-state index in [-0.39, 0.29) is 16.8 Å². The van der Waals surface area contributed by atoms with Crippen molar-refractivity contribution in [2.45, 2.75) is 26.9 Å². The zero-order valence-corrected chi connectivity index (χ0v) is 17.5. The molecule has 6 nitrogen and oxygen atoms in total. The van der Waals surface area contributed by atoms with Gasteiger partial charge in [-0.3, -0.25) is 9.59 Å². The van der Waals surface area contributed by atoms with Gasteiger partial charge in [-0.05, 0) is 56.7 Å². The molecule has 8 heteroatoms. The van der Waals surface area contributed by atoms with E-state index in [1.54, 1.807) is 44.2 Å². The number of nitrogens with one attached hydrogen (secondary N) is 1. The quantitative estimate of drug-likeness (QED) is 0.549. The van der Waals surface area contributed by atoms with Crippen LogP contribution in [0.15, 0.2) is 53.2 Å². The lowest BCUT2D eigenvalue weighted by atomic mass is 10.2. The maximum absolute atomic E-state index is 12.9. The third kappa shape index (κ3) is 4.28. The second-order valence-electron chi connectivity index (χ2n) is 6.73. The van der Waals surface area contributed by atoms with Gasteiger partial charge in [0.15, 0.2) is 0 Å². The third-order valence-corrected chi connectivity index (χ3v) is 4.91. The summed E-state index contributed by atoms with van der Waals surface area (Å²) >= 11 is 12.3. The van der Waals surface area contributed by atoms with Gasteiger partial charge in [0.25, 0.3) is 11.8 Å². The van der Waals surface area contributed by atoms with E-state index in [0.717, 1.165) is 10.5 Å². The van der Waals surface area contributed by atoms with Crippen molar-refractivity contribution >= 4 is 52.4 Å². The van der Waals surface area contributed by atoms with E-state index in [0.29, 0.717) is 22.0 Å². The maximum Gasteiger partial charge on any atom is 0.338 e. The van der Waals surface area contributed by atoms with Crippen molar-refractivity contribution in [3.63, 3.8) is 0 Å². The minimum atomic E-state index is -0.658. The molecule has 0 aromatic heterocycles. The number of hydrogen-bond acceptors (Lipinski definition) is 5. The molecule has 0 radical (unpaired) electrons. The van der Waals surface area contributed by atoms with E-state index in [4.69, 9.17) is 27.9 Å². The largest absolute Gasteiger partial charge is 0.459 e. The molecule has 2 aromatic rings. The van der Waals surface area contributed by atoms with Gasteiger partial charge in [0, 0.05) is 10.7 Å². The van der Waals surface area contributed by atoms with Gasteiger partial charge in [-0.25, -0.2) is 9.69 Å². The Morgan fingerprint density at radius 1 is 1.07 bits per heavy atom. The van der Waals surface area contributed by atoms with Gasteiger partial charge in [-0.15, -0.1) is 0 Å². The molecule has 0 atom stereocenters. The summed E-state index contributed by atoms with van der Waals surface area (Å²) in [5.41, 5.74) is 1.78. The van der Waals surface area contributed by atoms with Crippen molar-refractivity contribution in [3.05, 3.63) is 69.3 Å². The summed E-state index contributed by atoms with van der Waals surface area (Å²) in [5, 5.41) is 3.02. The number of esters is 1. The highest BCUT2D eigenvalue weighted by atomic mass is 35.5. The molecule has 0 bridgehead atoms. The molecular weight excluding hydrogens is 415 g/mol. The Morgan fingerprint density at radius 3 is 2.45 bits per heavy atom. The van der Waals surface area contributed by atoms with Crippen molar-refractivity contribution in [1.29, 1.82) is 0 Å². The number of carbonyl (C=O) groups is 3. The Labute approximate surface area is 178 Å². The van der Waals surface area contributed by atoms with Crippen molar-refractivity contribution in [3.8, 4) is 0 Å². The van der Waals surface area contributed by atoms with Gasteiger partial charge in [0.1, 0.15) is 10.7 Å².